The van der Waals surface area contributed by atoms with Gasteiger partial charge in [0.2, 0.25) is 0 Å². The van der Waals surface area contributed by atoms with Crippen molar-refractivity contribution in [1.29, 1.82) is 0 Å². The van der Waals surface area contributed by atoms with Crippen LogP contribution >= 0.6 is 11.6 Å². The monoisotopic (exact) mass is 306 g/mol. The van der Waals surface area contributed by atoms with E-state index in [2.05, 4.69) is 36.3 Å². The van der Waals surface area contributed by atoms with Gasteiger partial charge >= 0.3 is 0 Å². The number of halogens is 1. The Morgan fingerprint density at radius 1 is 1.19 bits per heavy atom. The van der Waals surface area contributed by atoms with Gasteiger partial charge in [-0.1, -0.05) is 29.8 Å². The maximum Gasteiger partial charge on any atom is 0.0453 e. The largest absolute Gasteiger partial charge is 0.312 e. The van der Waals surface area contributed by atoms with Crippen LogP contribution in [0.4, 0.5) is 0 Å². The predicted octanol–water partition coefficient (Wildman–Crippen LogP) is 4.11. The molecule has 0 spiro atoms. The van der Waals surface area contributed by atoms with E-state index < -0.39 is 0 Å². The summed E-state index contributed by atoms with van der Waals surface area (Å²) in [6, 6.07) is 9.34. The van der Waals surface area contributed by atoms with Crippen molar-refractivity contribution < 1.29 is 0 Å². The molecule has 21 heavy (non-hydrogen) atoms. The van der Waals surface area contributed by atoms with Gasteiger partial charge in [0.05, 0.1) is 0 Å². The standard InChI is InChI=1S/C18H27ClN2/c1-13(16-5-3-4-6-17(16)19)21(2)12-11-20-18(14-7-8-14)15-9-10-15/h3-6,13-15,18,20H,7-12H2,1-2H3. The number of hydrogen-bond donors (Lipinski definition) is 1. The van der Waals surface area contributed by atoms with Crippen LogP contribution < -0.4 is 5.32 Å². The molecule has 2 saturated carbocycles. The number of hydrogen-bond acceptors (Lipinski definition) is 2. The summed E-state index contributed by atoms with van der Waals surface area (Å²) in [6.07, 6.45) is 5.78. The SMILES string of the molecule is CC(c1ccccc1Cl)N(C)CCNC(C1CC1)C1CC1. The van der Waals surface area contributed by atoms with Crippen molar-refractivity contribution in [2.24, 2.45) is 11.8 Å². The molecule has 3 heteroatoms. The lowest BCUT2D eigenvalue weighted by Crippen LogP contribution is -2.39. The predicted molar refractivity (Wildman–Crippen MR) is 89.7 cm³/mol. The molecule has 3 rings (SSSR count). The molecule has 0 amide bonds. The van der Waals surface area contributed by atoms with Crippen LogP contribution in [0.15, 0.2) is 24.3 Å². The molecule has 1 N–H and O–H groups in total. The van der Waals surface area contributed by atoms with Gasteiger partial charge in [-0.15, -0.1) is 0 Å². The van der Waals surface area contributed by atoms with E-state index in [0.717, 1.165) is 36.0 Å². The zero-order valence-electron chi connectivity index (χ0n) is 13.2. The highest BCUT2D eigenvalue weighted by Crippen LogP contribution is 2.44. The van der Waals surface area contributed by atoms with Gasteiger partial charge in [0.1, 0.15) is 0 Å². The highest BCUT2D eigenvalue weighted by molar-refractivity contribution is 6.31. The molecule has 2 aliphatic rings. The van der Waals surface area contributed by atoms with Gasteiger partial charge in [0.25, 0.3) is 0 Å². The van der Waals surface area contributed by atoms with E-state index in [-0.39, 0.29) is 0 Å². The molecule has 1 aromatic carbocycles. The second kappa shape index (κ2) is 6.68. The molecular weight excluding hydrogens is 280 g/mol. The smallest absolute Gasteiger partial charge is 0.0453 e. The Hall–Kier alpha value is -0.570. The Morgan fingerprint density at radius 2 is 1.81 bits per heavy atom. The molecule has 0 aromatic heterocycles. The second-order valence-corrected chi connectivity index (χ2v) is 7.24. The lowest BCUT2D eigenvalue weighted by Gasteiger charge is -2.27. The molecule has 1 unspecified atom stereocenters. The van der Waals surface area contributed by atoms with Crippen LogP contribution in [0.25, 0.3) is 0 Å². The Labute approximate surface area is 133 Å². The van der Waals surface area contributed by atoms with Crippen molar-refractivity contribution >= 4 is 11.6 Å². The Bertz CT molecular complexity index is 456. The maximum atomic E-state index is 6.31. The van der Waals surface area contributed by atoms with E-state index in [1.54, 1.807) is 0 Å². The van der Waals surface area contributed by atoms with Crippen LogP contribution in [0, 0.1) is 11.8 Å². The molecule has 116 valence electrons. The fourth-order valence-corrected chi connectivity index (χ4v) is 3.58. The van der Waals surface area contributed by atoms with Crippen LogP contribution in [0.2, 0.25) is 5.02 Å². The average Bonchev–Trinajstić information content (AvgIpc) is 3.37. The van der Waals surface area contributed by atoms with Gasteiger partial charge in [-0.2, -0.15) is 0 Å². The zero-order chi connectivity index (χ0) is 14.8. The molecule has 2 nitrogen and oxygen atoms in total. The number of nitrogens with one attached hydrogen (secondary N) is 1. The van der Waals surface area contributed by atoms with E-state index in [0.29, 0.717) is 6.04 Å². The number of likely N-dealkylation sites (N-methyl/N-ethyl adjacent to an activating group) is 1. The van der Waals surface area contributed by atoms with Gasteiger partial charge in [0, 0.05) is 30.2 Å². The molecular formula is C18H27ClN2. The van der Waals surface area contributed by atoms with E-state index >= 15 is 0 Å². The van der Waals surface area contributed by atoms with Crippen molar-refractivity contribution in [3.8, 4) is 0 Å². The first-order valence-corrected chi connectivity index (χ1v) is 8.72. The molecule has 2 aliphatic carbocycles. The first-order valence-electron chi connectivity index (χ1n) is 8.35. The summed E-state index contributed by atoms with van der Waals surface area (Å²) < 4.78 is 0. The first kappa shape index (κ1) is 15.3. The fourth-order valence-electron chi connectivity index (χ4n) is 3.28. The second-order valence-electron chi connectivity index (χ2n) is 6.83. The molecule has 0 saturated heterocycles. The molecule has 2 fully saturated rings. The van der Waals surface area contributed by atoms with E-state index in [9.17, 15) is 0 Å². The molecule has 0 radical (unpaired) electrons. The summed E-state index contributed by atoms with van der Waals surface area (Å²) in [5.74, 6) is 1.95. The number of nitrogens with zero attached hydrogens (tertiary/aromatic N) is 1. The third-order valence-electron chi connectivity index (χ3n) is 5.12. The summed E-state index contributed by atoms with van der Waals surface area (Å²) in [5.41, 5.74) is 1.22. The molecule has 0 aliphatic heterocycles. The van der Waals surface area contributed by atoms with E-state index in [1.165, 1.54) is 31.2 Å². The van der Waals surface area contributed by atoms with Crippen molar-refractivity contribution in [2.75, 3.05) is 20.1 Å². The lowest BCUT2D eigenvalue weighted by molar-refractivity contribution is 0.252. The van der Waals surface area contributed by atoms with E-state index in [1.807, 2.05) is 12.1 Å². The minimum atomic E-state index is 0.362. The fraction of sp³-hybridized carbons (Fsp3) is 0.667. The normalized spacial score (nSPS) is 20.2. The molecule has 1 aromatic rings. The van der Waals surface area contributed by atoms with Gasteiger partial charge < -0.3 is 5.32 Å². The van der Waals surface area contributed by atoms with Crippen LogP contribution in [-0.4, -0.2) is 31.1 Å². The van der Waals surface area contributed by atoms with Crippen molar-refractivity contribution in [3.05, 3.63) is 34.9 Å². The third kappa shape index (κ3) is 4.00. The third-order valence-corrected chi connectivity index (χ3v) is 5.46. The van der Waals surface area contributed by atoms with Crippen molar-refractivity contribution in [1.82, 2.24) is 10.2 Å². The van der Waals surface area contributed by atoms with Gasteiger partial charge in [-0.05, 0) is 63.1 Å². The van der Waals surface area contributed by atoms with Crippen LogP contribution in [0.1, 0.15) is 44.2 Å². The van der Waals surface area contributed by atoms with Crippen LogP contribution in [0.3, 0.4) is 0 Å². The zero-order valence-corrected chi connectivity index (χ0v) is 13.9. The average molecular weight is 307 g/mol. The molecule has 0 bridgehead atoms. The van der Waals surface area contributed by atoms with Gasteiger partial charge in [-0.3, -0.25) is 4.90 Å². The van der Waals surface area contributed by atoms with Crippen LogP contribution in [-0.2, 0) is 0 Å². The highest BCUT2D eigenvalue weighted by Gasteiger charge is 2.40. The van der Waals surface area contributed by atoms with E-state index in [4.69, 9.17) is 11.6 Å². The summed E-state index contributed by atoms with van der Waals surface area (Å²) in [5, 5.41) is 4.69. The quantitative estimate of drug-likeness (QED) is 0.777. The molecule has 0 heterocycles. The first-order chi connectivity index (χ1) is 10.2. The Morgan fingerprint density at radius 3 is 2.38 bits per heavy atom. The van der Waals surface area contributed by atoms with Gasteiger partial charge in [0.15, 0.2) is 0 Å². The maximum absolute atomic E-state index is 6.31. The Balaban J connectivity index is 1.47. The Kier molecular flexibility index (Phi) is 4.88. The summed E-state index contributed by atoms with van der Waals surface area (Å²) in [7, 11) is 2.19. The summed E-state index contributed by atoms with van der Waals surface area (Å²) in [4.78, 5) is 2.39. The number of rotatable bonds is 8. The summed E-state index contributed by atoms with van der Waals surface area (Å²) >= 11 is 6.31. The molecule has 1 atom stereocenters. The highest BCUT2D eigenvalue weighted by atomic mass is 35.5. The minimum absolute atomic E-state index is 0.362. The minimum Gasteiger partial charge on any atom is -0.312 e. The number of benzene rings is 1. The van der Waals surface area contributed by atoms with Crippen molar-refractivity contribution in [3.63, 3.8) is 0 Å². The lowest BCUT2D eigenvalue weighted by atomic mass is 10.1. The topological polar surface area (TPSA) is 15.3 Å². The van der Waals surface area contributed by atoms with Gasteiger partial charge in [-0.25, -0.2) is 0 Å². The summed E-state index contributed by atoms with van der Waals surface area (Å²) in [6.45, 7) is 4.39. The van der Waals surface area contributed by atoms with Crippen LogP contribution in [0.5, 0.6) is 0 Å². The van der Waals surface area contributed by atoms with Crippen molar-refractivity contribution in [2.45, 2.75) is 44.7 Å².